The van der Waals surface area contributed by atoms with Gasteiger partial charge in [0.25, 0.3) is 0 Å². The summed E-state index contributed by atoms with van der Waals surface area (Å²) in [6, 6.07) is 18.6. The molecule has 25 heteroatoms. The van der Waals surface area contributed by atoms with Gasteiger partial charge in [-0.2, -0.15) is 0 Å². The van der Waals surface area contributed by atoms with Crippen molar-refractivity contribution < 1.29 is 119 Å². The fourth-order valence-corrected chi connectivity index (χ4v) is 15.2. The Morgan fingerprint density at radius 3 is 0.471 bits per heavy atom. The van der Waals surface area contributed by atoms with Gasteiger partial charge < -0.3 is 71.1 Å². The van der Waals surface area contributed by atoms with E-state index in [9.17, 15) is 24.0 Å². The van der Waals surface area contributed by atoms with Crippen molar-refractivity contribution in [3.63, 3.8) is 0 Å². The average Bonchev–Trinajstić information content (AvgIpc) is 0.788. The molecule has 140 heavy (non-hydrogen) atoms. The first-order valence-electron chi connectivity index (χ1n) is 49.2. The van der Waals surface area contributed by atoms with Crippen LogP contribution in [0.2, 0.25) is 0 Å². The number of esters is 5. The molecule has 5 aromatic carbocycles. The van der Waals surface area contributed by atoms with Crippen LogP contribution in [0.4, 0.5) is 24.0 Å². The largest absolute Gasteiger partial charge is 0.514 e. The van der Waals surface area contributed by atoms with Crippen LogP contribution in [0.5, 0.6) is 28.7 Å². The molecule has 0 saturated carbocycles. The van der Waals surface area contributed by atoms with Gasteiger partial charge in [0.2, 0.25) is 0 Å². The van der Waals surface area contributed by atoms with Crippen LogP contribution in [0.25, 0.3) is 0 Å². The minimum absolute atomic E-state index is 0.00985. The minimum Gasteiger partial charge on any atom is -0.462 e. The zero-order valence-corrected chi connectivity index (χ0v) is 93.7. The van der Waals surface area contributed by atoms with Gasteiger partial charge >= 0.3 is 60.6 Å². The predicted octanol–water partition coefficient (Wildman–Crippen LogP) is 27.5. The number of hydrogen-bond acceptors (Lipinski definition) is 25. The molecule has 0 aliphatic rings. The maximum atomic E-state index is 15.8. The molecule has 0 amide bonds. The van der Waals surface area contributed by atoms with E-state index in [0.29, 0.717) is 95.0 Å². The molecular weight excluding hydrogens is 1780 g/mol. The first-order chi connectivity index (χ1) is 62.9. The van der Waals surface area contributed by atoms with E-state index in [4.69, 9.17) is 71.1 Å². The molecule has 5 rings (SSSR count). The van der Waals surface area contributed by atoms with Gasteiger partial charge in [-0.3, -0.25) is 24.0 Å². The van der Waals surface area contributed by atoms with Gasteiger partial charge in [-0.05, 0) is 218 Å². The molecule has 25 nitrogen and oxygen atoms in total. The van der Waals surface area contributed by atoms with Crippen LogP contribution >= 0.6 is 0 Å². The molecule has 0 N–H and O–H groups in total. The Labute approximate surface area is 837 Å². The topological polar surface area (TPSA) is 309 Å². The van der Waals surface area contributed by atoms with Crippen molar-refractivity contribution in [2.45, 2.75) is 476 Å². The van der Waals surface area contributed by atoms with Crippen LogP contribution in [0, 0.1) is 0 Å². The Balaban J connectivity index is 1.91. The molecule has 2 atom stereocenters. The molecule has 0 radical (unpaired) electrons. The molecule has 0 bridgehead atoms. The quantitative estimate of drug-likeness (QED) is 0.0244. The molecular formula is C115H172O25. The van der Waals surface area contributed by atoms with Gasteiger partial charge in [0, 0.05) is 87.7 Å². The van der Waals surface area contributed by atoms with Crippen molar-refractivity contribution in [1.29, 1.82) is 0 Å². The summed E-state index contributed by atoms with van der Waals surface area (Å²) in [6.45, 7) is 83.3. The molecule has 0 spiro atoms. The third-order valence-electron chi connectivity index (χ3n) is 22.2. The van der Waals surface area contributed by atoms with Gasteiger partial charge in [0.1, 0.15) is 70.0 Å². The molecule has 0 aliphatic heterocycles. The highest BCUT2D eigenvalue weighted by molar-refractivity contribution is 5.76. The highest BCUT2D eigenvalue weighted by Gasteiger charge is 2.44. The van der Waals surface area contributed by atoms with Crippen molar-refractivity contribution >= 4 is 60.6 Å². The maximum Gasteiger partial charge on any atom is 0.514 e. The summed E-state index contributed by atoms with van der Waals surface area (Å²) in [5.74, 6) is -2.92. The Bertz CT molecular complexity index is 4800. The van der Waals surface area contributed by atoms with E-state index in [1.165, 1.54) is 0 Å². The second-order valence-corrected chi connectivity index (χ2v) is 52.3. The number of hydrogen-bond donors (Lipinski definition) is 0. The van der Waals surface area contributed by atoms with Crippen LogP contribution < -0.4 is 23.7 Å². The Morgan fingerprint density at radius 1 is 0.200 bits per heavy atom. The number of aryl methyl sites for hydroxylation is 5. The van der Waals surface area contributed by atoms with Gasteiger partial charge in [-0.1, -0.05) is 268 Å². The van der Waals surface area contributed by atoms with E-state index < -0.39 is 181 Å². The first-order valence-corrected chi connectivity index (χ1v) is 49.2. The van der Waals surface area contributed by atoms with E-state index in [0.717, 1.165) is 0 Å². The number of ether oxygens (including phenoxy) is 15. The number of benzene rings is 5. The molecule has 0 heterocycles. The zero-order valence-electron chi connectivity index (χ0n) is 93.7. The van der Waals surface area contributed by atoms with Gasteiger partial charge in [-0.15, -0.1) is 0 Å². The monoisotopic (exact) mass is 1950 g/mol. The average molecular weight is 1950 g/mol. The van der Waals surface area contributed by atoms with Crippen LogP contribution in [-0.2, 0) is 158 Å². The maximum absolute atomic E-state index is 15.8. The highest BCUT2D eigenvalue weighted by Crippen LogP contribution is 2.49. The molecule has 0 fully saturated rings. The van der Waals surface area contributed by atoms with Gasteiger partial charge in [-0.25, -0.2) is 24.0 Å². The lowest BCUT2D eigenvalue weighted by molar-refractivity contribution is -0.197. The summed E-state index contributed by atoms with van der Waals surface area (Å²) in [4.78, 5) is 146. The minimum atomic E-state index is -1.99. The van der Waals surface area contributed by atoms with Crippen molar-refractivity contribution in [2.75, 3.05) is 13.2 Å². The SMILES string of the molecule is CC(C)(C)OC(=O)Oc1c(C(C)(C)C)cc(CCC(=O)OCC(OC(=O)CCc2cc(C(C)(C)C)c(OC(=O)OC(C)(C)C)c(C(C)(C)C)c2)C(OC(=O)CCc2cc(C(C)(C)C)c(OC(=O)OC(C)(C)C)c(C(C)(C)C)c2)C(COC(=O)CCc2cc(C(C)(C)C)c(OC(=O)OC(C)(C)C)c(C(C)(C)C)c2)OC(=O)CCc2cc(C(C)(C)C)c(OC(=O)OC(C)(C)C)c(C(C)(C)C)c2)cc1C(C)(C)C. The van der Waals surface area contributed by atoms with E-state index in [2.05, 4.69) is 0 Å². The second-order valence-electron chi connectivity index (χ2n) is 52.3. The van der Waals surface area contributed by atoms with Gasteiger partial charge in [0.15, 0.2) is 18.3 Å². The lowest BCUT2D eigenvalue weighted by atomic mass is 9.78. The molecule has 782 valence electrons. The highest BCUT2D eigenvalue weighted by atomic mass is 16.8. The van der Waals surface area contributed by atoms with E-state index in [1.807, 2.05) is 268 Å². The van der Waals surface area contributed by atoms with Crippen molar-refractivity contribution in [3.05, 3.63) is 144 Å². The summed E-state index contributed by atoms with van der Waals surface area (Å²) in [5, 5.41) is 0. The lowest BCUT2D eigenvalue weighted by Gasteiger charge is -2.33. The molecule has 5 aromatic rings. The van der Waals surface area contributed by atoms with E-state index in [-0.39, 0.29) is 75.0 Å². The Hall–Kier alpha value is -10.2. The summed E-state index contributed by atoms with van der Waals surface area (Å²) in [7, 11) is 0. The molecule has 0 aliphatic carbocycles. The Morgan fingerprint density at radius 2 is 0.336 bits per heavy atom. The second kappa shape index (κ2) is 45.2. The lowest BCUT2D eigenvalue weighted by Crippen LogP contribution is -2.50. The fourth-order valence-electron chi connectivity index (χ4n) is 15.2. The van der Waals surface area contributed by atoms with Crippen molar-refractivity contribution in [3.8, 4) is 28.7 Å². The fraction of sp³-hybridized carbons (Fsp3) is 0.652. The van der Waals surface area contributed by atoms with Crippen LogP contribution in [0.15, 0.2) is 60.7 Å². The summed E-state index contributed by atoms with van der Waals surface area (Å²) in [6.07, 6.45) is -12.1. The summed E-state index contributed by atoms with van der Waals surface area (Å²) in [5.41, 5.74) is -1.54. The smallest absolute Gasteiger partial charge is 0.462 e. The number of carbonyl (C=O) groups is 10. The molecule has 0 saturated heterocycles. The molecule has 0 aromatic heterocycles. The number of rotatable bonds is 29. The third-order valence-corrected chi connectivity index (χ3v) is 22.2. The van der Waals surface area contributed by atoms with Crippen molar-refractivity contribution in [2.24, 2.45) is 0 Å². The summed E-state index contributed by atoms with van der Waals surface area (Å²) >= 11 is 0. The zero-order chi connectivity index (χ0) is 108. The first kappa shape index (κ1) is 120. The third kappa shape index (κ3) is 38.9. The van der Waals surface area contributed by atoms with Crippen LogP contribution in [0.3, 0.4) is 0 Å². The van der Waals surface area contributed by atoms with E-state index in [1.54, 1.807) is 104 Å². The van der Waals surface area contributed by atoms with Crippen LogP contribution in [-0.4, -0.2) is 120 Å². The number of carbonyl (C=O) groups excluding carboxylic acids is 10. The molecule has 2 unspecified atom stereocenters. The summed E-state index contributed by atoms with van der Waals surface area (Å²) < 4.78 is 92.1. The predicted molar refractivity (Wildman–Crippen MR) is 547 cm³/mol. The normalized spacial score (nSPS) is 13.7. The van der Waals surface area contributed by atoms with Gasteiger partial charge in [0.05, 0.1) is 0 Å². The van der Waals surface area contributed by atoms with Crippen LogP contribution in [0.1, 0.15) is 427 Å². The standard InChI is InChI=1S/C115H172O25/c1-101(2,3)73-56-68(57-74(102(4,5)6)90(73)131-96(121)136-111(31,32)33)46-51-85(116)126-66-83(128-87(118)53-48-70-60-77(105(13,14)15)92(78(61-70)106(16,17)18)133-98(123)138-113(37,38)39)95(130-89(120)55-50-72-64-81(109(25,26)27)94(82(65-72)110(28,29)30)135-100(125)140-115(43,44)45)84(129-88(119)54-49-71-62-79(107(19,20)21)93(80(63-71)108(22,23)24)134-99(124)139-114(40,41)42)67-127-86(117)52-47-69-58-75(103(7,8)9)91(76(59-69)104(10,11)12)132-97(122)137-112(34,35)36/h56-65,83-84,95H,46-55,66-67H2,1-45H3. The van der Waals surface area contributed by atoms with E-state index >= 15 is 24.0 Å². The Kier molecular flexibility index (Phi) is 38.8. The van der Waals surface area contributed by atoms with Crippen molar-refractivity contribution in [1.82, 2.24) is 0 Å².